The summed E-state index contributed by atoms with van der Waals surface area (Å²) in [6.07, 6.45) is 3.15. The molecule has 0 fully saturated rings. The first kappa shape index (κ1) is 19.6. The summed E-state index contributed by atoms with van der Waals surface area (Å²) in [5.41, 5.74) is 3.61. The van der Waals surface area contributed by atoms with Crippen molar-refractivity contribution < 1.29 is 9.59 Å². The minimum atomic E-state index is -0.187. The summed E-state index contributed by atoms with van der Waals surface area (Å²) in [7, 11) is 0. The number of ketones is 1. The van der Waals surface area contributed by atoms with Crippen molar-refractivity contribution in [1.82, 2.24) is 9.78 Å². The number of carbonyl (C=O) groups is 2. The van der Waals surface area contributed by atoms with Crippen LogP contribution in [-0.4, -0.2) is 21.5 Å². The highest BCUT2D eigenvalue weighted by molar-refractivity contribution is 6.31. The van der Waals surface area contributed by atoms with Crippen molar-refractivity contribution >= 4 is 35.1 Å². The number of aromatic nitrogens is 2. The first-order valence-corrected chi connectivity index (χ1v) is 9.18. The van der Waals surface area contributed by atoms with Crippen LogP contribution < -0.4 is 5.32 Å². The molecule has 0 saturated heterocycles. The standard InChI is InChI=1S/C22H20ClN3O2/c1-15-20(22(23)26(25-15)14-17-7-4-3-5-8-17)11-12-21(28)18-9-6-10-19(13-18)24-16(2)27/h3-13H,14H2,1-2H3,(H,24,27)/b12-11+. The molecule has 142 valence electrons. The molecule has 0 atom stereocenters. The van der Waals surface area contributed by atoms with Crippen LogP contribution in [0.25, 0.3) is 6.08 Å². The van der Waals surface area contributed by atoms with E-state index in [1.54, 1.807) is 35.0 Å². The maximum atomic E-state index is 12.5. The van der Waals surface area contributed by atoms with Gasteiger partial charge in [-0.1, -0.05) is 54.1 Å². The summed E-state index contributed by atoms with van der Waals surface area (Å²) in [5, 5.41) is 7.63. The number of rotatable bonds is 6. The Labute approximate surface area is 168 Å². The summed E-state index contributed by atoms with van der Waals surface area (Å²) < 4.78 is 1.72. The molecule has 1 amide bonds. The number of nitrogens with zero attached hydrogens (tertiary/aromatic N) is 2. The molecule has 3 aromatic rings. The van der Waals surface area contributed by atoms with Gasteiger partial charge in [-0.3, -0.25) is 9.59 Å². The van der Waals surface area contributed by atoms with Gasteiger partial charge in [0.05, 0.1) is 12.2 Å². The molecule has 0 aliphatic carbocycles. The van der Waals surface area contributed by atoms with Gasteiger partial charge in [0.25, 0.3) is 0 Å². The third-order valence-electron chi connectivity index (χ3n) is 4.15. The zero-order valence-corrected chi connectivity index (χ0v) is 16.4. The van der Waals surface area contributed by atoms with E-state index in [0.717, 1.165) is 11.3 Å². The largest absolute Gasteiger partial charge is 0.326 e. The van der Waals surface area contributed by atoms with Gasteiger partial charge in [0.1, 0.15) is 5.15 Å². The molecule has 0 radical (unpaired) electrons. The van der Waals surface area contributed by atoms with E-state index < -0.39 is 0 Å². The summed E-state index contributed by atoms with van der Waals surface area (Å²) >= 11 is 6.48. The van der Waals surface area contributed by atoms with Crippen LogP contribution in [0.2, 0.25) is 5.15 Å². The molecule has 5 nitrogen and oxygen atoms in total. The lowest BCUT2D eigenvalue weighted by Gasteiger charge is -2.03. The molecule has 1 N–H and O–H groups in total. The molecule has 2 aromatic carbocycles. The van der Waals surface area contributed by atoms with Gasteiger partial charge in [0.15, 0.2) is 5.78 Å². The van der Waals surface area contributed by atoms with E-state index >= 15 is 0 Å². The van der Waals surface area contributed by atoms with Crippen LogP contribution in [0.5, 0.6) is 0 Å². The second kappa shape index (κ2) is 8.67. The second-order valence-electron chi connectivity index (χ2n) is 6.39. The van der Waals surface area contributed by atoms with E-state index in [9.17, 15) is 9.59 Å². The number of aryl methyl sites for hydroxylation is 1. The first-order chi connectivity index (χ1) is 13.4. The van der Waals surface area contributed by atoms with E-state index in [1.165, 1.54) is 13.0 Å². The fourth-order valence-electron chi connectivity index (χ4n) is 2.83. The minimum absolute atomic E-state index is 0.182. The SMILES string of the molecule is CC(=O)Nc1cccc(C(=O)/C=C/c2c(C)nn(Cc3ccccc3)c2Cl)c1. The van der Waals surface area contributed by atoms with Gasteiger partial charge in [-0.15, -0.1) is 0 Å². The Morgan fingerprint density at radius 3 is 2.61 bits per heavy atom. The Hall–Kier alpha value is -3.18. The number of amides is 1. The number of hydrogen-bond acceptors (Lipinski definition) is 3. The molecule has 0 aliphatic heterocycles. The van der Waals surface area contributed by atoms with E-state index in [1.807, 2.05) is 37.3 Å². The lowest BCUT2D eigenvalue weighted by Crippen LogP contribution is -2.06. The minimum Gasteiger partial charge on any atom is -0.326 e. The van der Waals surface area contributed by atoms with E-state index in [-0.39, 0.29) is 11.7 Å². The van der Waals surface area contributed by atoms with Crippen LogP contribution in [-0.2, 0) is 11.3 Å². The van der Waals surface area contributed by atoms with Crippen molar-refractivity contribution in [3.05, 3.63) is 88.2 Å². The highest BCUT2D eigenvalue weighted by Gasteiger charge is 2.12. The van der Waals surface area contributed by atoms with E-state index in [4.69, 9.17) is 11.6 Å². The molecule has 28 heavy (non-hydrogen) atoms. The smallest absolute Gasteiger partial charge is 0.221 e. The topological polar surface area (TPSA) is 64.0 Å². The molecule has 6 heteroatoms. The fraction of sp³-hybridized carbons (Fsp3) is 0.136. The molecule has 1 heterocycles. The van der Waals surface area contributed by atoms with Crippen LogP contribution in [0, 0.1) is 6.92 Å². The maximum absolute atomic E-state index is 12.5. The normalized spacial score (nSPS) is 11.0. The summed E-state index contributed by atoms with van der Waals surface area (Å²) in [6, 6.07) is 16.7. The number of hydrogen-bond donors (Lipinski definition) is 1. The van der Waals surface area contributed by atoms with Crippen molar-refractivity contribution in [3.63, 3.8) is 0 Å². The zero-order valence-electron chi connectivity index (χ0n) is 15.6. The van der Waals surface area contributed by atoms with Crippen molar-refractivity contribution in [1.29, 1.82) is 0 Å². The molecule has 0 aliphatic rings. The van der Waals surface area contributed by atoms with E-state index in [2.05, 4.69) is 10.4 Å². The summed E-state index contributed by atoms with van der Waals surface area (Å²) in [5.74, 6) is -0.369. The van der Waals surface area contributed by atoms with Gasteiger partial charge in [-0.2, -0.15) is 5.10 Å². The second-order valence-corrected chi connectivity index (χ2v) is 6.75. The molecular weight excluding hydrogens is 374 g/mol. The third-order valence-corrected chi connectivity index (χ3v) is 4.55. The van der Waals surface area contributed by atoms with Crippen LogP contribution in [0.4, 0.5) is 5.69 Å². The number of halogens is 1. The summed E-state index contributed by atoms with van der Waals surface area (Å²) in [6.45, 7) is 3.84. The molecule has 0 saturated carbocycles. The zero-order chi connectivity index (χ0) is 20.1. The average molecular weight is 394 g/mol. The Morgan fingerprint density at radius 1 is 1.14 bits per heavy atom. The number of carbonyl (C=O) groups excluding carboxylic acids is 2. The Bertz CT molecular complexity index is 1040. The molecule has 3 rings (SSSR count). The Kier molecular flexibility index (Phi) is 6.06. The van der Waals surface area contributed by atoms with Crippen molar-refractivity contribution in [2.75, 3.05) is 5.32 Å². The van der Waals surface area contributed by atoms with Gasteiger partial charge in [-0.05, 0) is 36.8 Å². The van der Waals surface area contributed by atoms with Crippen molar-refractivity contribution in [3.8, 4) is 0 Å². The highest BCUT2D eigenvalue weighted by Crippen LogP contribution is 2.23. The molecule has 1 aromatic heterocycles. The quantitative estimate of drug-likeness (QED) is 0.485. The number of nitrogens with one attached hydrogen (secondary N) is 1. The van der Waals surface area contributed by atoms with Gasteiger partial charge < -0.3 is 5.32 Å². The highest BCUT2D eigenvalue weighted by atomic mass is 35.5. The van der Waals surface area contributed by atoms with Crippen LogP contribution in [0.1, 0.15) is 34.1 Å². The Morgan fingerprint density at radius 2 is 1.89 bits per heavy atom. The fourth-order valence-corrected chi connectivity index (χ4v) is 3.12. The van der Waals surface area contributed by atoms with Crippen LogP contribution >= 0.6 is 11.6 Å². The van der Waals surface area contributed by atoms with Gasteiger partial charge in [0, 0.05) is 23.7 Å². The van der Waals surface area contributed by atoms with Crippen LogP contribution in [0.15, 0.2) is 60.7 Å². The molecule has 0 bridgehead atoms. The van der Waals surface area contributed by atoms with E-state index in [0.29, 0.717) is 28.5 Å². The predicted octanol–water partition coefficient (Wildman–Crippen LogP) is 4.75. The van der Waals surface area contributed by atoms with Crippen LogP contribution in [0.3, 0.4) is 0 Å². The number of allylic oxidation sites excluding steroid dienone is 1. The number of benzene rings is 2. The van der Waals surface area contributed by atoms with Gasteiger partial charge in [-0.25, -0.2) is 4.68 Å². The monoisotopic (exact) mass is 393 g/mol. The lowest BCUT2D eigenvalue weighted by atomic mass is 10.1. The number of anilines is 1. The van der Waals surface area contributed by atoms with Gasteiger partial charge >= 0.3 is 0 Å². The molecule has 0 spiro atoms. The molecular formula is C22H20ClN3O2. The molecule has 0 unspecified atom stereocenters. The summed E-state index contributed by atoms with van der Waals surface area (Å²) in [4.78, 5) is 23.7. The first-order valence-electron chi connectivity index (χ1n) is 8.81. The van der Waals surface area contributed by atoms with Gasteiger partial charge in [0.2, 0.25) is 5.91 Å². The average Bonchev–Trinajstić information content (AvgIpc) is 2.93. The van der Waals surface area contributed by atoms with Crippen molar-refractivity contribution in [2.24, 2.45) is 0 Å². The third kappa shape index (κ3) is 4.75. The Balaban J connectivity index is 1.79. The maximum Gasteiger partial charge on any atom is 0.221 e. The lowest BCUT2D eigenvalue weighted by molar-refractivity contribution is -0.114. The predicted molar refractivity (Wildman–Crippen MR) is 112 cm³/mol. The van der Waals surface area contributed by atoms with Crippen molar-refractivity contribution in [2.45, 2.75) is 20.4 Å².